The summed E-state index contributed by atoms with van der Waals surface area (Å²) in [4.78, 5) is 0.274. The summed E-state index contributed by atoms with van der Waals surface area (Å²) in [7, 11) is -1.87. The molecule has 0 heterocycles. The van der Waals surface area contributed by atoms with Crippen molar-refractivity contribution < 1.29 is 8.42 Å². The van der Waals surface area contributed by atoms with Gasteiger partial charge in [-0.3, -0.25) is 0 Å². The van der Waals surface area contributed by atoms with Crippen LogP contribution in [0, 0.1) is 5.92 Å². The number of sulfonamides is 1. The van der Waals surface area contributed by atoms with E-state index in [-0.39, 0.29) is 4.90 Å². The van der Waals surface area contributed by atoms with E-state index in [1.54, 1.807) is 19.2 Å². The van der Waals surface area contributed by atoms with E-state index in [0.717, 1.165) is 12.0 Å². The van der Waals surface area contributed by atoms with Gasteiger partial charge in [0.1, 0.15) is 0 Å². The molecular formula is C13H19BrClNO2S. The highest BCUT2D eigenvalue weighted by Gasteiger charge is 2.24. The predicted octanol–water partition coefficient (Wildman–Crippen LogP) is 3.85. The van der Waals surface area contributed by atoms with Gasteiger partial charge in [-0.05, 0) is 39.5 Å². The molecule has 3 nitrogen and oxygen atoms in total. The van der Waals surface area contributed by atoms with Gasteiger partial charge in [0.15, 0.2) is 0 Å². The lowest BCUT2D eigenvalue weighted by molar-refractivity contribution is 0.393. The van der Waals surface area contributed by atoms with Crippen molar-refractivity contribution in [2.24, 2.45) is 5.92 Å². The molecule has 0 radical (unpaired) electrons. The number of alkyl halides is 1. The Bertz CT molecular complexity index is 533. The quantitative estimate of drug-likeness (QED) is 0.715. The highest BCUT2D eigenvalue weighted by atomic mass is 79.9. The molecule has 6 heteroatoms. The monoisotopic (exact) mass is 367 g/mol. The first-order valence-corrected chi connectivity index (χ1v) is 8.90. The van der Waals surface area contributed by atoms with Crippen molar-refractivity contribution in [2.45, 2.75) is 31.0 Å². The van der Waals surface area contributed by atoms with Gasteiger partial charge in [0, 0.05) is 23.9 Å². The van der Waals surface area contributed by atoms with Gasteiger partial charge in [-0.15, -0.1) is 11.6 Å². The van der Waals surface area contributed by atoms with Gasteiger partial charge in [-0.1, -0.05) is 26.3 Å². The molecule has 0 saturated carbocycles. The molecule has 0 spiro atoms. The molecule has 1 atom stereocenters. The Kier molecular flexibility index (Phi) is 6.30. The van der Waals surface area contributed by atoms with Crippen LogP contribution in [0.25, 0.3) is 0 Å². The lowest BCUT2D eigenvalue weighted by Gasteiger charge is -2.21. The molecule has 0 fully saturated rings. The van der Waals surface area contributed by atoms with Crippen molar-refractivity contribution in [1.29, 1.82) is 0 Å². The van der Waals surface area contributed by atoms with Crippen LogP contribution in [0.3, 0.4) is 0 Å². The van der Waals surface area contributed by atoms with Crippen LogP contribution in [-0.4, -0.2) is 26.3 Å². The Labute approximate surface area is 129 Å². The first-order chi connectivity index (χ1) is 8.82. The van der Waals surface area contributed by atoms with Crippen LogP contribution in [0.15, 0.2) is 27.6 Å². The fourth-order valence-electron chi connectivity index (χ4n) is 1.66. The molecule has 0 N–H and O–H groups in total. The molecular weight excluding hydrogens is 350 g/mol. The fraction of sp³-hybridized carbons (Fsp3) is 0.538. The maximum absolute atomic E-state index is 12.5. The van der Waals surface area contributed by atoms with Crippen LogP contribution >= 0.6 is 27.5 Å². The second-order valence-corrected chi connectivity index (χ2v) is 7.83. The third kappa shape index (κ3) is 4.18. The van der Waals surface area contributed by atoms with E-state index < -0.39 is 10.0 Å². The summed E-state index contributed by atoms with van der Waals surface area (Å²) in [5.41, 5.74) is 0.792. The summed E-state index contributed by atoms with van der Waals surface area (Å²) in [6.45, 7) is 4.60. The topological polar surface area (TPSA) is 37.4 Å². The zero-order valence-corrected chi connectivity index (χ0v) is 14.5. The summed E-state index contributed by atoms with van der Waals surface area (Å²) in [6, 6.07) is 5.16. The maximum Gasteiger partial charge on any atom is 0.243 e. The second-order valence-electron chi connectivity index (χ2n) is 4.70. The van der Waals surface area contributed by atoms with Crippen LogP contribution in [0.5, 0.6) is 0 Å². The standard InChI is InChI=1S/C13H19BrClNO2S/c1-4-10(2)9-16(3)19(17,18)13-7-11(8-15)5-6-12(13)14/h5-7,10H,4,8-9H2,1-3H3. The minimum atomic E-state index is -3.48. The fourth-order valence-corrected chi connectivity index (χ4v) is 4.09. The van der Waals surface area contributed by atoms with Gasteiger partial charge in [0.05, 0.1) is 4.90 Å². The third-order valence-electron chi connectivity index (χ3n) is 3.10. The highest BCUT2D eigenvalue weighted by molar-refractivity contribution is 9.10. The average Bonchev–Trinajstić information content (AvgIpc) is 2.38. The van der Waals surface area contributed by atoms with Crippen molar-refractivity contribution in [3.05, 3.63) is 28.2 Å². The van der Waals surface area contributed by atoms with Gasteiger partial charge in [-0.2, -0.15) is 0 Å². The second kappa shape index (κ2) is 7.07. The molecule has 0 amide bonds. The Hall–Kier alpha value is -0.100. The van der Waals surface area contributed by atoms with Crippen LogP contribution in [0.1, 0.15) is 25.8 Å². The number of halogens is 2. The van der Waals surface area contributed by atoms with Crippen molar-refractivity contribution in [3.8, 4) is 0 Å². The molecule has 1 aromatic carbocycles. The summed E-state index contributed by atoms with van der Waals surface area (Å²) in [5, 5.41) is 0. The van der Waals surface area contributed by atoms with E-state index in [1.165, 1.54) is 4.31 Å². The molecule has 19 heavy (non-hydrogen) atoms. The molecule has 1 aromatic rings. The Morgan fingerprint density at radius 3 is 2.58 bits per heavy atom. The highest BCUT2D eigenvalue weighted by Crippen LogP contribution is 2.26. The summed E-state index contributed by atoms with van der Waals surface area (Å²) < 4.78 is 27.0. The Morgan fingerprint density at radius 1 is 1.42 bits per heavy atom. The number of hydrogen-bond donors (Lipinski definition) is 0. The molecule has 0 saturated heterocycles. The van der Waals surface area contributed by atoms with Crippen molar-refractivity contribution in [3.63, 3.8) is 0 Å². The van der Waals surface area contributed by atoms with Crippen LogP contribution < -0.4 is 0 Å². The molecule has 0 aliphatic heterocycles. The van der Waals surface area contributed by atoms with E-state index in [4.69, 9.17) is 11.6 Å². The van der Waals surface area contributed by atoms with E-state index in [9.17, 15) is 8.42 Å². The van der Waals surface area contributed by atoms with Gasteiger partial charge in [-0.25, -0.2) is 12.7 Å². The van der Waals surface area contributed by atoms with Crippen LogP contribution in [0.2, 0.25) is 0 Å². The minimum Gasteiger partial charge on any atom is -0.207 e. The first kappa shape index (κ1) is 17.0. The van der Waals surface area contributed by atoms with E-state index in [0.29, 0.717) is 22.8 Å². The number of benzene rings is 1. The molecule has 108 valence electrons. The van der Waals surface area contributed by atoms with Crippen molar-refractivity contribution in [1.82, 2.24) is 4.31 Å². The summed E-state index contributed by atoms with van der Waals surface area (Å²) in [5.74, 6) is 0.625. The Morgan fingerprint density at radius 2 is 2.05 bits per heavy atom. The number of nitrogens with zero attached hydrogens (tertiary/aromatic N) is 1. The average molecular weight is 369 g/mol. The van der Waals surface area contributed by atoms with Gasteiger partial charge < -0.3 is 0 Å². The van der Waals surface area contributed by atoms with E-state index >= 15 is 0 Å². The van der Waals surface area contributed by atoms with Crippen LogP contribution in [-0.2, 0) is 15.9 Å². The van der Waals surface area contributed by atoms with Crippen molar-refractivity contribution in [2.75, 3.05) is 13.6 Å². The molecule has 0 aliphatic carbocycles. The SMILES string of the molecule is CCC(C)CN(C)S(=O)(=O)c1cc(CCl)ccc1Br. The maximum atomic E-state index is 12.5. The smallest absolute Gasteiger partial charge is 0.207 e. The summed E-state index contributed by atoms with van der Waals surface area (Å²) >= 11 is 9.06. The summed E-state index contributed by atoms with van der Waals surface area (Å²) in [6.07, 6.45) is 0.947. The molecule has 1 rings (SSSR count). The molecule has 1 unspecified atom stereocenters. The number of hydrogen-bond acceptors (Lipinski definition) is 2. The predicted molar refractivity (Wildman–Crippen MR) is 83.0 cm³/mol. The van der Waals surface area contributed by atoms with Gasteiger partial charge in [0.2, 0.25) is 10.0 Å². The molecule has 0 bridgehead atoms. The van der Waals surface area contributed by atoms with Gasteiger partial charge in [0.25, 0.3) is 0 Å². The Balaban J connectivity index is 3.12. The largest absolute Gasteiger partial charge is 0.243 e. The minimum absolute atomic E-state index is 0.274. The van der Waals surface area contributed by atoms with E-state index in [2.05, 4.69) is 22.9 Å². The van der Waals surface area contributed by atoms with Crippen molar-refractivity contribution >= 4 is 37.6 Å². The lowest BCUT2D eigenvalue weighted by Crippen LogP contribution is -2.31. The van der Waals surface area contributed by atoms with Crippen LogP contribution in [0.4, 0.5) is 0 Å². The third-order valence-corrected chi connectivity index (χ3v) is 6.23. The zero-order chi connectivity index (χ0) is 14.6. The lowest BCUT2D eigenvalue weighted by atomic mass is 10.1. The number of rotatable bonds is 6. The molecule has 0 aromatic heterocycles. The van der Waals surface area contributed by atoms with Gasteiger partial charge >= 0.3 is 0 Å². The molecule has 0 aliphatic rings. The normalized spacial score (nSPS) is 13.8. The zero-order valence-electron chi connectivity index (χ0n) is 11.4. The van der Waals surface area contributed by atoms with E-state index in [1.807, 2.05) is 13.0 Å². The first-order valence-electron chi connectivity index (χ1n) is 6.13.